The number of benzene rings is 1. The van der Waals surface area contributed by atoms with Crippen molar-refractivity contribution in [2.24, 2.45) is 0 Å². The van der Waals surface area contributed by atoms with Crippen molar-refractivity contribution in [3.63, 3.8) is 0 Å². The van der Waals surface area contributed by atoms with E-state index in [2.05, 4.69) is 5.10 Å². The maximum atomic E-state index is 12.2. The van der Waals surface area contributed by atoms with Crippen LogP contribution in [0, 0.1) is 0 Å². The Morgan fingerprint density at radius 1 is 1.17 bits per heavy atom. The Bertz CT molecular complexity index is 741. The first-order valence-corrected chi connectivity index (χ1v) is 7.37. The highest BCUT2D eigenvalue weighted by Gasteiger charge is 2.30. The Hall–Kier alpha value is -1.82. The molecule has 0 aliphatic carbocycles. The SMILES string of the molecule is O=c1c2c([nH]n1-c1ccccc1)CCCS2(=O)=O. The molecule has 1 aromatic heterocycles. The first-order chi connectivity index (χ1) is 8.59. The third-order valence-corrected chi connectivity index (χ3v) is 4.95. The zero-order chi connectivity index (χ0) is 12.8. The van der Waals surface area contributed by atoms with Crippen molar-refractivity contribution in [1.82, 2.24) is 9.78 Å². The van der Waals surface area contributed by atoms with E-state index in [1.54, 1.807) is 24.3 Å². The van der Waals surface area contributed by atoms with Gasteiger partial charge in [0.25, 0.3) is 5.56 Å². The van der Waals surface area contributed by atoms with Crippen molar-refractivity contribution in [3.05, 3.63) is 46.4 Å². The lowest BCUT2D eigenvalue weighted by Gasteiger charge is -2.08. The van der Waals surface area contributed by atoms with Gasteiger partial charge in [0.15, 0.2) is 14.7 Å². The molecule has 1 aromatic carbocycles. The molecule has 0 saturated heterocycles. The Morgan fingerprint density at radius 2 is 1.89 bits per heavy atom. The summed E-state index contributed by atoms with van der Waals surface area (Å²) in [5.41, 5.74) is 0.693. The maximum Gasteiger partial charge on any atom is 0.290 e. The number of nitrogens with one attached hydrogen (secondary N) is 1. The van der Waals surface area contributed by atoms with Crippen molar-refractivity contribution in [1.29, 1.82) is 0 Å². The van der Waals surface area contributed by atoms with E-state index in [9.17, 15) is 13.2 Å². The lowest BCUT2D eigenvalue weighted by Crippen LogP contribution is -2.23. The third kappa shape index (κ3) is 1.60. The van der Waals surface area contributed by atoms with Gasteiger partial charge in [-0.25, -0.2) is 13.1 Å². The summed E-state index contributed by atoms with van der Waals surface area (Å²) < 4.78 is 25.1. The number of aromatic amines is 1. The number of hydrogen-bond donors (Lipinski definition) is 1. The molecule has 6 heteroatoms. The van der Waals surface area contributed by atoms with Crippen LogP contribution in [0.5, 0.6) is 0 Å². The van der Waals surface area contributed by atoms with Gasteiger partial charge < -0.3 is 0 Å². The van der Waals surface area contributed by atoms with Gasteiger partial charge in [0, 0.05) is 0 Å². The molecule has 0 radical (unpaired) electrons. The normalized spacial score (nSPS) is 17.3. The van der Waals surface area contributed by atoms with Gasteiger partial charge in [-0.3, -0.25) is 9.89 Å². The third-order valence-electron chi connectivity index (χ3n) is 3.08. The Morgan fingerprint density at radius 3 is 2.56 bits per heavy atom. The number of para-hydroxylation sites is 1. The number of H-pyrrole nitrogens is 1. The smallest absolute Gasteiger partial charge is 0.290 e. The molecule has 1 aliphatic heterocycles. The second kappa shape index (κ2) is 3.84. The number of rotatable bonds is 1. The van der Waals surface area contributed by atoms with Crippen LogP contribution in [0.1, 0.15) is 12.1 Å². The van der Waals surface area contributed by atoms with Crippen LogP contribution < -0.4 is 5.56 Å². The molecule has 94 valence electrons. The van der Waals surface area contributed by atoms with E-state index in [0.29, 0.717) is 24.2 Å². The second-order valence-corrected chi connectivity index (χ2v) is 6.36. The van der Waals surface area contributed by atoms with Crippen molar-refractivity contribution < 1.29 is 8.42 Å². The van der Waals surface area contributed by atoms with Gasteiger partial charge in [-0.1, -0.05) is 18.2 Å². The summed E-state index contributed by atoms with van der Waals surface area (Å²) >= 11 is 0. The van der Waals surface area contributed by atoms with Gasteiger partial charge in [-0.05, 0) is 25.0 Å². The largest absolute Gasteiger partial charge is 0.294 e. The lowest BCUT2D eigenvalue weighted by molar-refractivity contribution is 0.585. The molecular weight excluding hydrogens is 252 g/mol. The lowest BCUT2D eigenvalue weighted by atomic mass is 10.2. The van der Waals surface area contributed by atoms with E-state index in [1.807, 2.05) is 6.07 Å². The van der Waals surface area contributed by atoms with Crippen molar-refractivity contribution in [2.75, 3.05) is 5.75 Å². The fourth-order valence-electron chi connectivity index (χ4n) is 2.26. The Labute approximate surface area is 104 Å². The molecule has 0 atom stereocenters. The molecule has 2 aromatic rings. The minimum Gasteiger partial charge on any atom is -0.294 e. The van der Waals surface area contributed by atoms with Gasteiger partial charge in [-0.15, -0.1) is 0 Å². The molecule has 0 spiro atoms. The average molecular weight is 264 g/mol. The number of sulfone groups is 1. The molecule has 0 bridgehead atoms. The summed E-state index contributed by atoms with van der Waals surface area (Å²) in [6.45, 7) is 0. The fourth-order valence-corrected chi connectivity index (χ4v) is 3.87. The van der Waals surface area contributed by atoms with Crippen molar-refractivity contribution in [2.45, 2.75) is 17.7 Å². The van der Waals surface area contributed by atoms with Crippen molar-refractivity contribution in [3.8, 4) is 5.69 Å². The zero-order valence-electron chi connectivity index (χ0n) is 9.59. The number of nitrogens with zero attached hydrogens (tertiary/aromatic N) is 1. The van der Waals surface area contributed by atoms with Gasteiger partial charge in [0.1, 0.15) is 0 Å². The fraction of sp³-hybridized carbons (Fsp3) is 0.250. The first kappa shape index (κ1) is 11.3. The zero-order valence-corrected chi connectivity index (χ0v) is 10.4. The van der Waals surface area contributed by atoms with Crippen molar-refractivity contribution >= 4 is 9.84 Å². The number of aromatic nitrogens is 2. The highest BCUT2D eigenvalue weighted by atomic mass is 32.2. The number of aryl methyl sites for hydroxylation is 1. The summed E-state index contributed by atoms with van der Waals surface area (Å²) in [5, 5.41) is 2.90. The molecule has 0 fully saturated rings. The second-order valence-electron chi connectivity index (χ2n) is 4.32. The summed E-state index contributed by atoms with van der Waals surface area (Å²) in [7, 11) is -3.42. The van der Waals surface area contributed by atoms with Crippen LogP contribution in [0.4, 0.5) is 0 Å². The molecule has 0 amide bonds. The summed E-state index contributed by atoms with van der Waals surface area (Å²) in [6.07, 6.45) is 1.16. The molecule has 2 heterocycles. The van der Waals surface area contributed by atoms with Crippen LogP contribution in [0.15, 0.2) is 40.0 Å². The first-order valence-electron chi connectivity index (χ1n) is 5.72. The molecule has 5 nitrogen and oxygen atoms in total. The maximum absolute atomic E-state index is 12.2. The Balaban J connectivity index is 2.28. The van der Waals surface area contributed by atoms with Gasteiger partial charge in [0.05, 0.1) is 17.1 Å². The summed E-state index contributed by atoms with van der Waals surface area (Å²) in [4.78, 5) is 12.1. The predicted octanol–water partition coefficient (Wildman–Crippen LogP) is 0.885. The number of fused-ring (bicyclic) bond motifs is 1. The van der Waals surface area contributed by atoms with Crippen LogP contribution in [-0.2, 0) is 16.3 Å². The van der Waals surface area contributed by atoms with E-state index < -0.39 is 15.4 Å². The minimum atomic E-state index is -3.42. The molecular formula is C12H12N2O3S. The quantitative estimate of drug-likeness (QED) is 0.831. The van der Waals surface area contributed by atoms with E-state index >= 15 is 0 Å². The highest BCUT2D eigenvalue weighted by molar-refractivity contribution is 7.91. The Kier molecular flexibility index (Phi) is 2.41. The van der Waals surface area contributed by atoms with E-state index in [4.69, 9.17) is 0 Å². The van der Waals surface area contributed by atoms with Crippen LogP contribution in [0.2, 0.25) is 0 Å². The molecule has 0 unspecified atom stereocenters. The molecule has 18 heavy (non-hydrogen) atoms. The van der Waals surface area contributed by atoms with Crippen LogP contribution >= 0.6 is 0 Å². The molecule has 0 saturated carbocycles. The van der Waals surface area contributed by atoms with Gasteiger partial charge >= 0.3 is 0 Å². The van der Waals surface area contributed by atoms with Gasteiger partial charge in [0.2, 0.25) is 0 Å². The monoisotopic (exact) mass is 264 g/mol. The van der Waals surface area contributed by atoms with E-state index in [0.717, 1.165) is 0 Å². The van der Waals surface area contributed by atoms with E-state index in [-0.39, 0.29) is 10.6 Å². The summed E-state index contributed by atoms with van der Waals surface area (Å²) in [6, 6.07) is 8.96. The molecule has 1 aliphatic rings. The average Bonchev–Trinajstić information content (AvgIpc) is 2.69. The number of hydrogen-bond acceptors (Lipinski definition) is 3. The van der Waals surface area contributed by atoms with Crippen LogP contribution in [-0.4, -0.2) is 24.0 Å². The van der Waals surface area contributed by atoms with E-state index in [1.165, 1.54) is 4.68 Å². The summed E-state index contributed by atoms with van der Waals surface area (Å²) in [5.74, 6) is 0.0574. The standard InChI is InChI=1S/C12H12N2O3S/c15-12-11-10(7-4-8-18(11,16)17)13-14(12)9-5-2-1-3-6-9/h1-3,5-6,13H,4,7-8H2. The van der Waals surface area contributed by atoms with Crippen LogP contribution in [0.25, 0.3) is 5.69 Å². The highest BCUT2D eigenvalue weighted by Crippen LogP contribution is 2.21. The minimum absolute atomic E-state index is 0.0574. The molecule has 3 rings (SSSR count). The molecule has 1 N–H and O–H groups in total. The predicted molar refractivity (Wildman–Crippen MR) is 66.8 cm³/mol. The topological polar surface area (TPSA) is 71.9 Å². The van der Waals surface area contributed by atoms with Crippen LogP contribution in [0.3, 0.4) is 0 Å². The van der Waals surface area contributed by atoms with Gasteiger partial charge in [-0.2, -0.15) is 0 Å².